The van der Waals surface area contributed by atoms with Gasteiger partial charge in [-0.1, -0.05) is 19.0 Å². The summed E-state index contributed by atoms with van der Waals surface area (Å²) in [4.78, 5) is 23.7. The number of amides is 1. The number of nitrogens with zero attached hydrogens (tertiary/aromatic N) is 2. The number of halogens is 1. The van der Waals surface area contributed by atoms with Crippen molar-refractivity contribution in [1.29, 1.82) is 0 Å². The van der Waals surface area contributed by atoms with Gasteiger partial charge in [0.25, 0.3) is 5.91 Å². The highest BCUT2D eigenvalue weighted by Gasteiger charge is 2.25. The van der Waals surface area contributed by atoms with Gasteiger partial charge in [0, 0.05) is 19.2 Å². The van der Waals surface area contributed by atoms with Crippen LogP contribution in [0.3, 0.4) is 0 Å². The number of aromatic nitrogens is 1. The Kier molecular flexibility index (Phi) is 6.86. The lowest BCUT2D eigenvalue weighted by Gasteiger charge is -2.18. The molecule has 11 heteroatoms. The van der Waals surface area contributed by atoms with Gasteiger partial charge in [-0.25, -0.2) is 17.6 Å². The molecule has 0 radical (unpaired) electrons. The monoisotopic (exact) mass is 413 g/mol. The molecule has 0 aliphatic heterocycles. The summed E-state index contributed by atoms with van der Waals surface area (Å²) >= 11 is 0. The van der Waals surface area contributed by atoms with Crippen molar-refractivity contribution in [3.05, 3.63) is 41.4 Å². The molecule has 1 aromatic carbocycles. The minimum atomic E-state index is -3.88. The van der Waals surface area contributed by atoms with Gasteiger partial charge in [-0.3, -0.25) is 4.79 Å². The number of hydrogen-bond donors (Lipinski definition) is 1. The standard InChI is InChI=1S/C17H20FN3O6S/c1-4-21(5-2)28(24,25)12-6-7-14(18)13(9-12)17(23)26-10-16(22)19-15-8-11(3)27-20-15/h6-9H,4-5,10H2,1-3H3,(H,19,20,22). The number of ether oxygens (including phenoxy) is 1. The summed E-state index contributed by atoms with van der Waals surface area (Å²) < 4.78 is 49.8. The molecule has 1 amide bonds. The minimum Gasteiger partial charge on any atom is -0.452 e. The number of nitrogens with one attached hydrogen (secondary N) is 1. The molecule has 28 heavy (non-hydrogen) atoms. The van der Waals surface area contributed by atoms with Gasteiger partial charge in [-0.2, -0.15) is 4.31 Å². The van der Waals surface area contributed by atoms with E-state index in [1.54, 1.807) is 20.8 Å². The third-order valence-corrected chi connectivity index (χ3v) is 5.78. The second-order valence-electron chi connectivity index (χ2n) is 5.68. The molecular formula is C17H20FN3O6S. The van der Waals surface area contributed by atoms with Crippen molar-refractivity contribution in [3.8, 4) is 0 Å². The molecule has 1 N–H and O–H groups in total. The molecule has 0 aliphatic carbocycles. The second kappa shape index (κ2) is 8.93. The number of anilines is 1. The zero-order valence-electron chi connectivity index (χ0n) is 15.6. The van der Waals surface area contributed by atoms with Crippen LogP contribution in [0.2, 0.25) is 0 Å². The first kappa shape index (κ1) is 21.5. The molecule has 0 fully saturated rings. The van der Waals surface area contributed by atoms with Crippen LogP contribution in [0.1, 0.15) is 30.0 Å². The second-order valence-corrected chi connectivity index (χ2v) is 7.62. The van der Waals surface area contributed by atoms with Crippen molar-refractivity contribution in [2.24, 2.45) is 0 Å². The number of esters is 1. The van der Waals surface area contributed by atoms with Crippen LogP contribution >= 0.6 is 0 Å². The summed E-state index contributed by atoms with van der Waals surface area (Å²) in [6.45, 7) is 4.68. The fourth-order valence-electron chi connectivity index (χ4n) is 2.35. The van der Waals surface area contributed by atoms with E-state index in [9.17, 15) is 22.4 Å². The number of hydrogen-bond acceptors (Lipinski definition) is 7. The van der Waals surface area contributed by atoms with Gasteiger partial charge in [0.05, 0.1) is 10.5 Å². The largest absolute Gasteiger partial charge is 0.452 e. The lowest BCUT2D eigenvalue weighted by Crippen LogP contribution is -2.30. The Bertz CT molecular complexity index is 969. The molecule has 0 spiro atoms. The van der Waals surface area contributed by atoms with Crippen molar-refractivity contribution >= 4 is 27.7 Å². The molecule has 2 rings (SSSR count). The van der Waals surface area contributed by atoms with Crippen LogP contribution in [0, 0.1) is 12.7 Å². The Hall–Kier alpha value is -2.79. The van der Waals surface area contributed by atoms with Crippen LogP contribution in [-0.2, 0) is 19.6 Å². The van der Waals surface area contributed by atoms with Gasteiger partial charge in [-0.15, -0.1) is 0 Å². The maximum atomic E-state index is 14.0. The number of sulfonamides is 1. The van der Waals surface area contributed by atoms with Crippen LogP contribution in [0.15, 0.2) is 33.7 Å². The van der Waals surface area contributed by atoms with Gasteiger partial charge >= 0.3 is 5.97 Å². The molecule has 1 heterocycles. The van der Waals surface area contributed by atoms with Gasteiger partial charge in [-0.05, 0) is 25.1 Å². The molecule has 0 saturated carbocycles. The van der Waals surface area contributed by atoms with Crippen molar-refractivity contribution in [2.45, 2.75) is 25.7 Å². The molecule has 0 aliphatic rings. The molecule has 2 aromatic rings. The third-order valence-electron chi connectivity index (χ3n) is 3.73. The van der Waals surface area contributed by atoms with E-state index in [0.717, 1.165) is 18.2 Å². The van der Waals surface area contributed by atoms with Crippen LogP contribution < -0.4 is 5.32 Å². The Morgan fingerprint density at radius 1 is 1.25 bits per heavy atom. The van der Waals surface area contributed by atoms with E-state index in [-0.39, 0.29) is 23.8 Å². The maximum absolute atomic E-state index is 14.0. The van der Waals surface area contributed by atoms with E-state index in [1.807, 2.05) is 0 Å². The van der Waals surface area contributed by atoms with E-state index in [1.165, 1.54) is 10.4 Å². The van der Waals surface area contributed by atoms with Crippen molar-refractivity contribution in [3.63, 3.8) is 0 Å². The molecular weight excluding hydrogens is 393 g/mol. The predicted octanol–water partition coefficient (Wildman–Crippen LogP) is 1.95. The van der Waals surface area contributed by atoms with Gasteiger partial charge in [0.2, 0.25) is 10.0 Å². The number of rotatable bonds is 8. The van der Waals surface area contributed by atoms with Crippen molar-refractivity contribution in [2.75, 3.05) is 25.0 Å². The number of benzene rings is 1. The highest BCUT2D eigenvalue weighted by Crippen LogP contribution is 2.20. The SMILES string of the molecule is CCN(CC)S(=O)(=O)c1ccc(F)c(C(=O)OCC(=O)Nc2cc(C)on2)c1. The first-order chi connectivity index (χ1) is 13.2. The molecule has 9 nitrogen and oxygen atoms in total. The summed E-state index contributed by atoms with van der Waals surface area (Å²) in [5, 5.41) is 5.88. The fraction of sp³-hybridized carbons (Fsp3) is 0.353. The first-order valence-corrected chi connectivity index (χ1v) is 9.83. The molecule has 0 unspecified atom stereocenters. The predicted molar refractivity (Wildman–Crippen MR) is 96.7 cm³/mol. The number of carbonyl (C=O) groups is 2. The van der Waals surface area contributed by atoms with Crippen LogP contribution in [-0.4, -0.2) is 49.5 Å². The Morgan fingerprint density at radius 3 is 2.50 bits per heavy atom. The van der Waals surface area contributed by atoms with Gasteiger partial charge < -0.3 is 14.6 Å². The molecule has 1 aromatic heterocycles. The Morgan fingerprint density at radius 2 is 1.93 bits per heavy atom. The van der Waals surface area contributed by atoms with Crippen LogP contribution in [0.25, 0.3) is 0 Å². The average Bonchev–Trinajstić information content (AvgIpc) is 3.05. The van der Waals surface area contributed by atoms with Gasteiger partial charge in [0.15, 0.2) is 12.4 Å². The summed E-state index contributed by atoms with van der Waals surface area (Å²) in [7, 11) is -3.88. The molecule has 152 valence electrons. The molecule has 0 bridgehead atoms. The van der Waals surface area contributed by atoms with E-state index >= 15 is 0 Å². The average molecular weight is 413 g/mol. The number of carbonyl (C=O) groups excluding carboxylic acids is 2. The van der Waals surface area contributed by atoms with Crippen molar-refractivity contribution in [1.82, 2.24) is 9.46 Å². The highest BCUT2D eigenvalue weighted by atomic mass is 32.2. The highest BCUT2D eigenvalue weighted by molar-refractivity contribution is 7.89. The summed E-state index contributed by atoms with van der Waals surface area (Å²) in [5.41, 5.74) is -0.585. The zero-order chi connectivity index (χ0) is 20.9. The molecule has 0 saturated heterocycles. The summed E-state index contributed by atoms with van der Waals surface area (Å²) in [6.07, 6.45) is 0. The third kappa shape index (κ3) is 4.93. The van der Waals surface area contributed by atoms with E-state index in [2.05, 4.69) is 10.5 Å². The first-order valence-electron chi connectivity index (χ1n) is 8.39. The quantitative estimate of drug-likeness (QED) is 0.657. The lowest BCUT2D eigenvalue weighted by atomic mass is 10.2. The van der Waals surface area contributed by atoms with Crippen LogP contribution in [0.4, 0.5) is 10.2 Å². The fourth-order valence-corrected chi connectivity index (χ4v) is 3.83. The summed E-state index contributed by atoms with van der Waals surface area (Å²) in [6, 6.07) is 4.29. The zero-order valence-corrected chi connectivity index (χ0v) is 16.4. The van der Waals surface area contributed by atoms with Crippen molar-refractivity contribution < 1.29 is 31.7 Å². The smallest absolute Gasteiger partial charge is 0.341 e. The maximum Gasteiger partial charge on any atom is 0.341 e. The van der Waals surface area contributed by atoms with E-state index in [0.29, 0.717) is 5.76 Å². The Balaban J connectivity index is 2.11. The molecule has 0 atom stereocenters. The summed E-state index contributed by atoms with van der Waals surface area (Å²) in [5.74, 6) is -2.23. The van der Waals surface area contributed by atoms with Crippen LogP contribution in [0.5, 0.6) is 0 Å². The van der Waals surface area contributed by atoms with Gasteiger partial charge in [0.1, 0.15) is 11.6 Å². The minimum absolute atomic E-state index is 0.136. The van der Waals surface area contributed by atoms with E-state index < -0.39 is 39.9 Å². The normalized spacial score (nSPS) is 11.5. The topological polar surface area (TPSA) is 119 Å². The van der Waals surface area contributed by atoms with E-state index in [4.69, 9.17) is 9.26 Å². The Labute approximate surface area is 161 Å². The number of aryl methyl sites for hydroxylation is 1. The lowest BCUT2D eigenvalue weighted by molar-refractivity contribution is -0.119.